The van der Waals surface area contributed by atoms with Crippen molar-refractivity contribution in [3.8, 4) is 11.6 Å². The van der Waals surface area contributed by atoms with Gasteiger partial charge in [-0.15, -0.1) is 0 Å². The van der Waals surface area contributed by atoms with Crippen molar-refractivity contribution in [3.63, 3.8) is 0 Å². The Kier molecular flexibility index (Phi) is 9.62. The van der Waals surface area contributed by atoms with Crippen molar-refractivity contribution in [1.29, 1.82) is 0 Å². The van der Waals surface area contributed by atoms with Crippen LogP contribution in [0, 0.1) is 0 Å². The van der Waals surface area contributed by atoms with Gasteiger partial charge in [-0.25, -0.2) is 22.9 Å². The molecule has 1 heterocycles. The standard InChI is InChI=1S/C29H25N3O8S/c33-27(30-17-18-38-24-9-5-2-6-10-24)22-11-14-25(15-12-22)41(36,37)32-28(34)23-13-16-26(31-19-23)40-29(35)39-20-21-7-3-1-4-8-21/h1-16,19H,17-18,20H2,(H,30,33)(H,32,34). The summed E-state index contributed by atoms with van der Waals surface area (Å²) in [7, 11) is -4.25. The molecule has 0 unspecified atom stereocenters. The lowest BCUT2D eigenvalue weighted by Crippen LogP contribution is -2.31. The highest BCUT2D eigenvalue weighted by Gasteiger charge is 2.20. The SMILES string of the molecule is O=C(OCc1ccccc1)Oc1ccc(C(=O)NS(=O)(=O)c2ccc(C(=O)NCCOc3ccccc3)cc2)cn1. The van der Waals surface area contributed by atoms with Gasteiger partial charge in [0.25, 0.3) is 21.8 Å². The fourth-order valence-corrected chi connectivity index (χ4v) is 4.36. The zero-order chi connectivity index (χ0) is 29.1. The molecule has 0 atom stereocenters. The molecule has 12 heteroatoms. The van der Waals surface area contributed by atoms with Crippen molar-refractivity contribution in [3.05, 3.63) is 120 Å². The molecule has 1 aromatic heterocycles. The van der Waals surface area contributed by atoms with Gasteiger partial charge in [-0.05, 0) is 48.0 Å². The first-order valence-electron chi connectivity index (χ1n) is 12.3. The number of hydrogen-bond donors (Lipinski definition) is 2. The van der Waals surface area contributed by atoms with Crippen molar-refractivity contribution < 1.29 is 37.0 Å². The van der Waals surface area contributed by atoms with Crippen LogP contribution in [0.15, 0.2) is 108 Å². The summed E-state index contributed by atoms with van der Waals surface area (Å²) in [4.78, 5) is 40.3. The van der Waals surface area contributed by atoms with Crippen molar-refractivity contribution in [2.75, 3.05) is 13.2 Å². The monoisotopic (exact) mass is 575 g/mol. The minimum Gasteiger partial charge on any atom is -0.492 e. The molecule has 4 aromatic rings. The average molecular weight is 576 g/mol. The first-order chi connectivity index (χ1) is 19.8. The van der Waals surface area contributed by atoms with E-state index < -0.39 is 28.0 Å². The molecule has 0 saturated carbocycles. The normalized spacial score (nSPS) is 10.7. The Labute approximate surface area is 236 Å². The van der Waals surface area contributed by atoms with Crippen molar-refractivity contribution >= 4 is 28.0 Å². The third-order valence-corrected chi connectivity index (χ3v) is 6.79. The average Bonchev–Trinajstić information content (AvgIpc) is 2.99. The van der Waals surface area contributed by atoms with Crippen LogP contribution in [0.2, 0.25) is 0 Å². The van der Waals surface area contributed by atoms with Crippen LogP contribution in [-0.4, -0.2) is 44.5 Å². The Morgan fingerprint density at radius 3 is 2.07 bits per heavy atom. The van der Waals surface area contributed by atoms with Crippen LogP contribution in [0.4, 0.5) is 4.79 Å². The number of nitrogens with zero attached hydrogens (tertiary/aromatic N) is 1. The first-order valence-corrected chi connectivity index (χ1v) is 13.8. The molecule has 11 nitrogen and oxygen atoms in total. The predicted octanol–water partition coefficient (Wildman–Crippen LogP) is 3.72. The fraction of sp³-hybridized carbons (Fsp3) is 0.103. The molecule has 0 spiro atoms. The van der Waals surface area contributed by atoms with E-state index in [2.05, 4.69) is 10.3 Å². The van der Waals surface area contributed by atoms with Crippen LogP contribution in [0.1, 0.15) is 26.3 Å². The lowest BCUT2D eigenvalue weighted by atomic mass is 10.2. The largest absolute Gasteiger partial charge is 0.515 e. The van der Waals surface area contributed by atoms with Gasteiger partial charge < -0.3 is 19.5 Å². The molecular weight excluding hydrogens is 550 g/mol. The van der Waals surface area contributed by atoms with E-state index in [1.807, 2.05) is 29.0 Å². The van der Waals surface area contributed by atoms with Gasteiger partial charge >= 0.3 is 6.16 Å². The third-order valence-electron chi connectivity index (χ3n) is 5.44. The number of nitrogens with one attached hydrogen (secondary N) is 2. The van der Waals surface area contributed by atoms with Crippen LogP contribution < -0.4 is 19.5 Å². The van der Waals surface area contributed by atoms with Gasteiger partial charge in [-0.3, -0.25) is 9.59 Å². The van der Waals surface area contributed by atoms with Crippen LogP contribution in [-0.2, 0) is 21.4 Å². The molecular formula is C29H25N3O8S. The molecule has 2 amide bonds. The molecule has 41 heavy (non-hydrogen) atoms. The number of benzene rings is 3. The quantitative estimate of drug-likeness (QED) is 0.201. The second-order valence-electron chi connectivity index (χ2n) is 8.39. The Balaban J connectivity index is 1.25. The van der Waals surface area contributed by atoms with E-state index >= 15 is 0 Å². The van der Waals surface area contributed by atoms with Crippen LogP contribution in [0.5, 0.6) is 11.6 Å². The molecule has 210 valence electrons. The second kappa shape index (κ2) is 13.7. The Morgan fingerprint density at radius 1 is 0.756 bits per heavy atom. The molecule has 0 radical (unpaired) electrons. The highest BCUT2D eigenvalue weighted by Crippen LogP contribution is 2.14. The summed E-state index contributed by atoms with van der Waals surface area (Å²) >= 11 is 0. The van der Waals surface area contributed by atoms with E-state index in [1.165, 1.54) is 36.4 Å². The summed E-state index contributed by atoms with van der Waals surface area (Å²) in [6.45, 7) is 0.512. The molecule has 0 saturated heterocycles. The number of rotatable bonds is 11. The van der Waals surface area contributed by atoms with Gasteiger partial charge in [0.05, 0.1) is 17.0 Å². The van der Waals surface area contributed by atoms with Crippen LogP contribution >= 0.6 is 0 Å². The van der Waals surface area contributed by atoms with Gasteiger partial charge in [-0.2, -0.15) is 0 Å². The van der Waals surface area contributed by atoms with E-state index in [1.54, 1.807) is 36.4 Å². The topological polar surface area (TPSA) is 150 Å². The number of para-hydroxylation sites is 1. The van der Waals surface area contributed by atoms with Gasteiger partial charge in [0.1, 0.15) is 19.0 Å². The molecule has 0 aliphatic heterocycles. The number of pyridine rings is 1. The van der Waals surface area contributed by atoms with E-state index in [-0.39, 0.29) is 41.7 Å². The molecule has 3 aromatic carbocycles. The van der Waals surface area contributed by atoms with E-state index in [0.29, 0.717) is 5.75 Å². The Hall–Kier alpha value is -5.23. The lowest BCUT2D eigenvalue weighted by Gasteiger charge is -2.09. The maximum Gasteiger partial charge on any atom is 0.515 e. The fourth-order valence-electron chi connectivity index (χ4n) is 3.38. The zero-order valence-electron chi connectivity index (χ0n) is 21.6. The summed E-state index contributed by atoms with van der Waals surface area (Å²) in [5.74, 6) is -0.816. The molecule has 0 aliphatic carbocycles. The van der Waals surface area contributed by atoms with Gasteiger partial charge in [0.2, 0.25) is 5.88 Å². The lowest BCUT2D eigenvalue weighted by molar-refractivity contribution is 0.0910. The minimum absolute atomic E-state index is 0.00733. The maximum atomic E-state index is 12.7. The number of amides is 2. The second-order valence-corrected chi connectivity index (χ2v) is 10.1. The zero-order valence-corrected chi connectivity index (χ0v) is 22.4. The van der Waals surface area contributed by atoms with Crippen molar-refractivity contribution in [2.24, 2.45) is 0 Å². The number of aromatic nitrogens is 1. The highest BCUT2D eigenvalue weighted by atomic mass is 32.2. The van der Waals surface area contributed by atoms with E-state index in [0.717, 1.165) is 11.8 Å². The van der Waals surface area contributed by atoms with E-state index in [9.17, 15) is 22.8 Å². The van der Waals surface area contributed by atoms with E-state index in [4.69, 9.17) is 14.2 Å². The number of carbonyl (C=O) groups excluding carboxylic acids is 3. The maximum absolute atomic E-state index is 12.7. The summed E-state index contributed by atoms with van der Waals surface area (Å²) in [6, 6.07) is 25.7. The van der Waals surface area contributed by atoms with Gasteiger partial charge in [-0.1, -0.05) is 48.5 Å². The minimum atomic E-state index is -4.25. The Morgan fingerprint density at radius 2 is 1.41 bits per heavy atom. The first kappa shape index (κ1) is 28.8. The van der Waals surface area contributed by atoms with Crippen molar-refractivity contribution in [1.82, 2.24) is 15.0 Å². The number of sulfonamides is 1. The van der Waals surface area contributed by atoms with Crippen molar-refractivity contribution in [2.45, 2.75) is 11.5 Å². The summed E-state index contributed by atoms with van der Waals surface area (Å²) in [6.07, 6.45) is 0.0679. The summed E-state index contributed by atoms with van der Waals surface area (Å²) in [5, 5.41) is 2.68. The molecule has 0 fully saturated rings. The predicted molar refractivity (Wildman–Crippen MR) is 147 cm³/mol. The molecule has 2 N–H and O–H groups in total. The molecule has 0 aliphatic rings. The highest BCUT2D eigenvalue weighted by molar-refractivity contribution is 7.90. The van der Waals surface area contributed by atoms with Crippen LogP contribution in [0.25, 0.3) is 0 Å². The summed E-state index contributed by atoms with van der Waals surface area (Å²) < 4.78 is 42.8. The Bertz CT molecular complexity index is 1580. The number of ether oxygens (including phenoxy) is 3. The summed E-state index contributed by atoms with van der Waals surface area (Å²) in [5.41, 5.74) is 0.914. The smallest absolute Gasteiger partial charge is 0.492 e. The number of carbonyl (C=O) groups is 3. The van der Waals surface area contributed by atoms with Crippen LogP contribution in [0.3, 0.4) is 0 Å². The van der Waals surface area contributed by atoms with Gasteiger partial charge in [0, 0.05) is 17.8 Å². The number of hydrogen-bond acceptors (Lipinski definition) is 9. The molecule has 0 bridgehead atoms. The molecule has 4 rings (SSSR count). The van der Waals surface area contributed by atoms with Gasteiger partial charge in [0.15, 0.2) is 0 Å². The third kappa shape index (κ3) is 8.63.